The van der Waals surface area contributed by atoms with Gasteiger partial charge in [-0.15, -0.1) is 0 Å². The van der Waals surface area contributed by atoms with E-state index >= 15 is 0 Å². The fraction of sp³-hybridized carbons (Fsp3) is 0.176. The van der Waals surface area contributed by atoms with Crippen LogP contribution in [0.15, 0.2) is 64.9 Å². The number of methoxy groups -OCH3 is 1. The van der Waals surface area contributed by atoms with Gasteiger partial charge in [-0.05, 0) is 24.3 Å². The first kappa shape index (κ1) is 14.4. The highest BCUT2D eigenvalue weighted by Crippen LogP contribution is 2.35. The molecule has 2 aromatic carbocycles. The maximum atomic E-state index is 12.9. The molecule has 24 heavy (non-hydrogen) atoms. The first-order chi connectivity index (χ1) is 11.7. The summed E-state index contributed by atoms with van der Waals surface area (Å²) in [7, 11) is 1.53. The number of nitrogens with zero attached hydrogens (tertiary/aromatic N) is 4. The number of hydrogen-bond donors (Lipinski definition) is 0. The van der Waals surface area contributed by atoms with Crippen LogP contribution in [0.25, 0.3) is 0 Å². The van der Waals surface area contributed by atoms with E-state index in [2.05, 4.69) is 10.3 Å². The number of carbonyl (C=O) groups excluding carboxylic acids is 2. The second kappa shape index (κ2) is 5.45. The zero-order valence-corrected chi connectivity index (χ0v) is 12.9. The summed E-state index contributed by atoms with van der Waals surface area (Å²) in [5, 5.41) is 9.54. The van der Waals surface area contributed by atoms with Gasteiger partial charge in [-0.25, -0.2) is 9.91 Å². The topological polar surface area (TPSA) is 74.6 Å². The highest BCUT2D eigenvalue weighted by atomic mass is 16.5. The lowest BCUT2D eigenvalue weighted by Gasteiger charge is -2.20. The van der Waals surface area contributed by atoms with Gasteiger partial charge >= 0.3 is 0 Å². The van der Waals surface area contributed by atoms with E-state index in [4.69, 9.17) is 4.74 Å². The molecule has 0 spiro atoms. The van der Waals surface area contributed by atoms with E-state index < -0.39 is 12.1 Å². The Labute approximate surface area is 138 Å². The molecule has 1 saturated heterocycles. The molecule has 0 unspecified atom stereocenters. The highest BCUT2D eigenvalue weighted by Gasteiger charge is 2.55. The summed E-state index contributed by atoms with van der Waals surface area (Å²) in [6.07, 6.45) is 0. The Balaban J connectivity index is 1.70. The molecule has 2 amide bonds. The highest BCUT2D eigenvalue weighted by molar-refractivity contribution is 6.26. The Morgan fingerprint density at radius 2 is 1.71 bits per heavy atom. The predicted octanol–water partition coefficient (Wildman–Crippen LogP) is 2.19. The van der Waals surface area contributed by atoms with Crippen LogP contribution in [0, 0.1) is 0 Å². The number of anilines is 2. The second-order valence-electron chi connectivity index (χ2n) is 5.49. The molecule has 7 heteroatoms. The molecule has 0 saturated carbocycles. The first-order valence-corrected chi connectivity index (χ1v) is 7.47. The largest absolute Gasteiger partial charge is 0.497 e. The number of rotatable bonds is 3. The number of carbonyl (C=O) groups is 2. The number of imide groups is 1. The van der Waals surface area contributed by atoms with E-state index in [-0.39, 0.29) is 11.8 Å². The van der Waals surface area contributed by atoms with Crippen molar-refractivity contribution in [3.63, 3.8) is 0 Å². The Morgan fingerprint density at radius 3 is 2.46 bits per heavy atom. The van der Waals surface area contributed by atoms with Gasteiger partial charge in [0.1, 0.15) is 5.75 Å². The van der Waals surface area contributed by atoms with Crippen molar-refractivity contribution in [2.24, 2.45) is 10.3 Å². The van der Waals surface area contributed by atoms with Crippen LogP contribution in [-0.2, 0) is 9.59 Å². The second-order valence-corrected chi connectivity index (χ2v) is 5.49. The van der Waals surface area contributed by atoms with Crippen LogP contribution in [0.4, 0.5) is 11.4 Å². The maximum Gasteiger partial charge on any atom is 0.263 e. The SMILES string of the molecule is COc1cccc(N2C(=O)[C@H]3N=NN(c4ccccc4)[C@H]3C2=O)c1. The van der Waals surface area contributed by atoms with Crippen LogP contribution in [0.3, 0.4) is 0 Å². The van der Waals surface area contributed by atoms with Gasteiger partial charge in [-0.1, -0.05) is 29.5 Å². The lowest BCUT2D eigenvalue weighted by atomic mass is 10.1. The quantitative estimate of drug-likeness (QED) is 0.812. The Hall–Kier alpha value is -3.22. The number of amides is 2. The van der Waals surface area contributed by atoms with Crippen LogP contribution in [-0.4, -0.2) is 31.0 Å². The van der Waals surface area contributed by atoms with E-state index in [1.54, 1.807) is 24.3 Å². The fourth-order valence-electron chi connectivity index (χ4n) is 2.96. The normalized spacial score (nSPS) is 22.2. The van der Waals surface area contributed by atoms with Crippen LogP contribution in [0.1, 0.15) is 0 Å². The van der Waals surface area contributed by atoms with Crippen LogP contribution in [0.5, 0.6) is 5.75 Å². The van der Waals surface area contributed by atoms with Crippen molar-refractivity contribution in [2.75, 3.05) is 17.0 Å². The van der Waals surface area contributed by atoms with Gasteiger partial charge in [0.15, 0.2) is 12.1 Å². The summed E-state index contributed by atoms with van der Waals surface area (Å²) < 4.78 is 5.17. The molecule has 7 nitrogen and oxygen atoms in total. The van der Waals surface area contributed by atoms with Gasteiger partial charge in [0.25, 0.3) is 11.8 Å². The minimum atomic E-state index is -0.816. The van der Waals surface area contributed by atoms with Crippen molar-refractivity contribution in [3.8, 4) is 5.75 Å². The van der Waals surface area contributed by atoms with Crippen molar-refractivity contribution in [2.45, 2.75) is 12.1 Å². The summed E-state index contributed by atoms with van der Waals surface area (Å²) in [5.41, 5.74) is 1.20. The molecular weight excluding hydrogens is 308 g/mol. The molecule has 2 aliphatic rings. The average molecular weight is 322 g/mol. The maximum absolute atomic E-state index is 12.9. The third-order valence-electron chi connectivity index (χ3n) is 4.11. The Bertz CT molecular complexity index is 837. The zero-order chi connectivity index (χ0) is 16.7. The molecule has 2 aliphatic heterocycles. The molecule has 1 fully saturated rings. The van der Waals surface area contributed by atoms with E-state index in [9.17, 15) is 9.59 Å². The molecule has 2 heterocycles. The molecule has 0 N–H and O–H groups in total. The fourth-order valence-corrected chi connectivity index (χ4v) is 2.96. The van der Waals surface area contributed by atoms with Crippen LogP contribution in [0.2, 0.25) is 0 Å². The number of ether oxygens (including phenoxy) is 1. The summed E-state index contributed by atoms with van der Waals surface area (Å²) in [6, 6.07) is 14.5. The predicted molar refractivity (Wildman–Crippen MR) is 86.8 cm³/mol. The van der Waals surface area contributed by atoms with E-state index in [1.165, 1.54) is 12.1 Å². The molecule has 0 aromatic heterocycles. The molecule has 0 aliphatic carbocycles. The summed E-state index contributed by atoms with van der Waals surface area (Å²) in [6.45, 7) is 0. The number of fused-ring (bicyclic) bond motifs is 1. The average Bonchev–Trinajstić information content (AvgIpc) is 3.16. The van der Waals surface area contributed by atoms with Crippen LogP contribution >= 0.6 is 0 Å². The smallest absolute Gasteiger partial charge is 0.263 e. The number of benzene rings is 2. The lowest BCUT2D eigenvalue weighted by Crippen LogP contribution is -2.39. The molecule has 4 rings (SSSR count). The van der Waals surface area contributed by atoms with Crippen molar-refractivity contribution >= 4 is 23.2 Å². The molecule has 120 valence electrons. The van der Waals surface area contributed by atoms with Crippen molar-refractivity contribution in [1.29, 1.82) is 0 Å². The minimum absolute atomic E-state index is 0.341. The van der Waals surface area contributed by atoms with Crippen molar-refractivity contribution in [3.05, 3.63) is 54.6 Å². The van der Waals surface area contributed by atoms with Gasteiger partial charge < -0.3 is 4.74 Å². The lowest BCUT2D eigenvalue weighted by molar-refractivity contribution is -0.121. The summed E-state index contributed by atoms with van der Waals surface area (Å²) in [4.78, 5) is 26.7. The van der Waals surface area contributed by atoms with Gasteiger partial charge in [-0.3, -0.25) is 9.59 Å². The molecule has 2 atom stereocenters. The van der Waals surface area contributed by atoms with Crippen molar-refractivity contribution in [1.82, 2.24) is 0 Å². The number of para-hydroxylation sites is 1. The van der Waals surface area contributed by atoms with Gasteiger partial charge in [0.2, 0.25) is 0 Å². The van der Waals surface area contributed by atoms with E-state index in [0.29, 0.717) is 11.4 Å². The summed E-state index contributed by atoms with van der Waals surface area (Å²) >= 11 is 0. The standard InChI is InChI=1S/C17H14N4O3/c1-24-13-9-5-8-12(10-13)20-16(22)14-15(17(20)23)21(19-18-14)11-6-3-2-4-7-11/h2-10,14-15H,1H3/t14-,15+/m0/s1. The van der Waals surface area contributed by atoms with Crippen molar-refractivity contribution < 1.29 is 14.3 Å². The third-order valence-corrected chi connectivity index (χ3v) is 4.11. The molecule has 0 bridgehead atoms. The molecule has 0 radical (unpaired) electrons. The van der Waals surface area contributed by atoms with Gasteiger partial charge in [0, 0.05) is 6.07 Å². The van der Waals surface area contributed by atoms with E-state index in [1.807, 2.05) is 30.3 Å². The third kappa shape index (κ3) is 2.05. The molecule has 2 aromatic rings. The number of hydrogen-bond acceptors (Lipinski definition) is 6. The summed E-state index contributed by atoms with van der Waals surface area (Å²) in [5.74, 6) is -0.140. The monoisotopic (exact) mass is 322 g/mol. The first-order valence-electron chi connectivity index (χ1n) is 7.47. The van der Waals surface area contributed by atoms with Crippen LogP contribution < -0.4 is 14.6 Å². The zero-order valence-electron chi connectivity index (χ0n) is 12.9. The Kier molecular flexibility index (Phi) is 3.26. The minimum Gasteiger partial charge on any atom is -0.497 e. The van der Waals surface area contributed by atoms with Gasteiger partial charge in [0.05, 0.1) is 18.5 Å². The van der Waals surface area contributed by atoms with Gasteiger partial charge in [-0.2, -0.15) is 5.11 Å². The Morgan fingerprint density at radius 1 is 0.958 bits per heavy atom. The molecular formula is C17H14N4O3. The van der Waals surface area contributed by atoms with E-state index in [0.717, 1.165) is 10.6 Å².